The van der Waals surface area contributed by atoms with Crippen LogP contribution in [-0.2, 0) is 24.6 Å². The largest absolute Gasteiger partial charge is 0.381 e. The zero-order valence-electron chi connectivity index (χ0n) is 16.2. The number of ether oxygens (including phenoxy) is 1. The molecule has 4 aliphatic rings. The van der Waals surface area contributed by atoms with E-state index in [1.54, 1.807) is 4.90 Å². The quantitative estimate of drug-likeness (QED) is 0.546. The molecular formula is C21H25BrIN3O3. The number of halogens is 2. The fourth-order valence-electron chi connectivity index (χ4n) is 5.96. The second-order valence-electron chi connectivity index (χ2n) is 8.75. The molecule has 156 valence electrons. The summed E-state index contributed by atoms with van der Waals surface area (Å²) in [6.07, 6.45) is 6.45. The number of nitrogens with zero attached hydrogens (tertiary/aromatic N) is 2. The van der Waals surface area contributed by atoms with Crippen LogP contribution in [0.2, 0.25) is 0 Å². The number of amides is 1. The van der Waals surface area contributed by atoms with Crippen molar-refractivity contribution in [2.75, 3.05) is 13.2 Å². The Morgan fingerprint density at radius 2 is 1.97 bits per heavy atom. The summed E-state index contributed by atoms with van der Waals surface area (Å²) >= 11 is 5.61. The Kier molecular flexibility index (Phi) is 5.20. The molecule has 2 N–H and O–H groups in total. The van der Waals surface area contributed by atoms with E-state index in [1.807, 2.05) is 23.0 Å². The number of rotatable bonds is 2. The van der Waals surface area contributed by atoms with Crippen LogP contribution in [0.25, 0.3) is 0 Å². The van der Waals surface area contributed by atoms with E-state index in [0.717, 1.165) is 55.0 Å². The molecule has 2 heterocycles. The molecule has 0 radical (unpaired) electrons. The van der Waals surface area contributed by atoms with Crippen molar-refractivity contribution in [1.29, 1.82) is 0 Å². The van der Waals surface area contributed by atoms with Crippen LogP contribution >= 0.6 is 38.9 Å². The second-order valence-corrected chi connectivity index (χ2v) is 10.2. The lowest BCUT2D eigenvalue weighted by Crippen LogP contribution is -2.55. The highest BCUT2D eigenvalue weighted by Crippen LogP contribution is 2.62. The predicted molar refractivity (Wildman–Crippen MR) is 122 cm³/mol. The summed E-state index contributed by atoms with van der Waals surface area (Å²) in [5, 5.41) is 0. The Morgan fingerprint density at radius 3 is 2.66 bits per heavy atom. The molecule has 1 saturated heterocycles. The van der Waals surface area contributed by atoms with E-state index in [9.17, 15) is 4.79 Å². The molecule has 6 nitrogen and oxygen atoms in total. The van der Waals surface area contributed by atoms with E-state index in [2.05, 4.69) is 34.1 Å². The van der Waals surface area contributed by atoms with Crippen molar-refractivity contribution in [2.24, 2.45) is 16.1 Å². The second kappa shape index (κ2) is 7.46. The number of hydrogen-bond acceptors (Lipinski definition) is 5. The van der Waals surface area contributed by atoms with Gasteiger partial charge < -0.3 is 13.5 Å². The number of hydrogen-bond donors (Lipinski definition) is 1. The molecule has 2 aliphatic carbocycles. The van der Waals surface area contributed by atoms with Gasteiger partial charge in [0, 0.05) is 29.1 Å². The monoisotopic (exact) mass is 573 g/mol. The van der Waals surface area contributed by atoms with Gasteiger partial charge in [0.2, 0.25) is 0 Å². The van der Waals surface area contributed by atoms with Crippen molar-refractivity contribution in [3.8, 4) is 0 Å². The lowest BCUT2D eigenvalue weighted by atomic mass is 9.61. The molecule has 0 aromatic heterocycles. The summed E-state index contributed by atoms with van der Waals surface area (Å²) in [5.41, 5.74) is 7.58. The zero-order valence-corrected chi connectivity index (χ0v) is 19.9. The summed E-state index contributed by atoms with van der Waals surface area (Å²) < 4.78 is 12.1. The van der Waals surface area contributed by atoms with Crippen molar-refractivity contribution < 1.29 is 12.6 Å². The molecule has 1 saturated carbocycles. The number of fused-ring (bicyclic) bond motifs is 3. The highest BCUT2D eigenvalue weighted by atomic mass is 127. The summed E-state index contributed by atoms with van der Waals surface area (Å²) in [6, 6.07) is 6.37. The van der Waals surface area contributed by atoms with E-state index in [0.29, 0.717) is 19.2 Å². The van der Waals surface area contributed by atoms with Crippen LogP contribution < -0.4 is 5.73 Å². The number of benzene rings is 1. The standard InChI is InChI=1S/C21H25BrIN3O3/c22-14-2-1-13-12-20(7-3-16(29-23)4-8-20)21(17(13)11-14)18(27)26(19(24)25-21)15-5-9-28-10-6-15/h1-2,11,15-16H,3-10,12H2,(H2,24,25). The van der Waals surface area contributed by atoms with Gasteiger partial charge in [-0.25, -0.2) is 4.99 Å². The molecule has 1 aromatic rings. The molecule has 0 bridgehead atoms. The van der Waals surface area contributed by atoms with Crippen LogP contribution in [0.1, 0.15) is 49.7 Å². The Balaban J connectivity index is 1.61. The summed E-state index contributed by atoms with van der Waals surface area (Å²) in [5.74, 6) is 0.439. The van der Waals surface area contributed by atoms with Crippen LogP contribution in [0, 0.1) is 5.41 Å². The van der Waals surface area contributed by atoms with E-state index >= 15 is 0 Å². The van der Waals surface area contributed by atoms with Gasteiger partial charge in [-0.05, 0) is 68.2 Å². The highest BCUT2D eigenvalue weighted by Gasteiger charge is 2.67. The van der Waals surface area contributed by atoms with Crippen molar-refractivity contribution in [1.82, 2.24) is 4.90 Å². The first-order chi connectivity index (χ1) is 14.0. The van der Waals surface area contributed by atoms with E-state index in [-0.39, 0.29) is 23.5 Å². The van der Waals surface area contributed by atoms with Crippen molar-refractivity contribution in [3.05, 3.63) is 33.8 Å². The van der Waals surface area contributed by atoms with Crippen LogP contribution in [0.4, 0.5) is 0 Å². The van der Waals surface area contributed by atoms with Crippen molar-refractivity contribution in [3.63, 3.8) is 0 Å². The third-order valence-electron chi connectivity index (χ3n) is 7.39. The maximum absolute atomic E-state index is 14.2. The molecule has 2 spiro atoms. The van der Waals surface area contributed by atoms with Gasteiger partial charge in [0.1, 0.15) is 23.0 Å². The van der Waals surface area contributed by atoms with Gasteiger partial charge in [0.05, 0.1) is 6.10 Å². The van der Waals surface area contributed by atoms with E-state index in [4.69, 9.17) is 18.5 Å². The van der Waals surface area contributed by atoms with Crippen LogP contribution in [-0.4, -0.2) is 42.1 Å². The lowest BCUT2D eigenvalue weighted by molar-refractivity contribution is -0.140. The molecule has 5 rings (SSSR count). The third kappa shape index (κ3) is 2.92. The molecule has 1 atom stereocenters. The number of aliphatic imine (C=N–C) groups is 1. The summed E-state index contributed by atoms with van der Waals surface area (Å²) in [6.45, 7) is 1.33. The smallest absolute Gasteiger partial charge is 0.262 e. The number of carbonyl (C=O) groups is 1. The van der Waals surface area contributed by atoms with E-state index < -0.39 is 5.54 Å². The normalized spacial score (nSPS) is 34.8. The average molecular weight is 574 g/mol. The number of carbonyl (C=O) groups excluding carboxylic acids is 1. The minimum atomic E-state index is -0.912. The van der Waals surface area contributed by atoms with Gasteiger partial charge in [-0.2, -0.15) is 0 Å². The van der Waals surface area contributed by atoms with Crippen molar-refractivity contribution in [2.45, 2.75) is 62.6 Å². The first-order valence-electron chi connectivity index (χ1n) is 10.3. The first kappa shape index (κ1) is 20.2. The van der Waals surface area contributed by atoms with Crippen molar-refractivity contribution >= 4 is 50.8 Å². The van der Waals surface area contributed by atoms with Crippen LogP contribution in [0.5, 0.6) is 0 Å². The third-order valence-corrected chi connectivity index (χ3v) is 8.60. The summed E-state index contributed by atoms with van der Waals surface area (Å²) in [7, 11) is 0. The maximum atomic E-state index is 14.2. The lowest BCUT2D eigenvalue weighted by Gasteiger charge is -2.45. The Hall–Kier alpha value is -0.710. The number of guanidine groups is 1. The molecule has 2 fully saturated rings. The molecule has 1 amide bonds. The highest BCUT2D eigenvalue weighted by molar-refractivity contribution is 14.1. The van der Waals surface area contributed by atoms with Gasteiger partial charge in [0.25, 0.3) is 5.91 Å². The average Bonchev–Trinajstić information content (AvgIpc) is 3.15. The molecule has 2 aliphatic heterocycles. The topological polar surface area (TPSA) is 77.2 Å². The van der Waals surface area contributed by atoms with Gasteiger partial charge in [0.15, 0.2) is 11.5 Å². The molecule has 1 unspecified atom stereocenters. The Labute approximate surface area is 193 Å². The van der Waals surface area contributed by atoms with Gasteiger partial charge in [-0.1, -0.05) is 22.0 Å². The maximum Gasteiger partial charge on any atom is 0.262 e. The van der Waals surface area contributed by atoms with Gasteiger partial charge in [-0.3, -0.25) is 9.69 Å². The fourth-order valence-corrected chi connectivity index (χ4v) is 6.83. The fraction of sp³-hybridized carbons (Fsp3) is 0.619. The molecule has 8 heteroatoms. The minimum Gasteiger partial charge on any atom is -0.381 e. The van der Waals surface area contributed by atoms with E-state index in [1.165, 1.54) is 5.56 Å². The Morgan fingerprint density at radius 1 is 1.24 bits per heavy atom. The number of nitrogens with two attached hydrogens (primary N) is 1. The minimum absolute atomic E-state index is 0.0626. The molecule has 29 heavy (non-hydrogen) atoms. The first-order valence-corrected chi connectivity index (χ1v) is 12.0. The SMILES string of the molecule is NC1=NC2(C(=O)N1C1CCOCC1)c1cc(Br)ccc1CC21CCC(OI)CC1. The Bertz CT molecular complexity index is 865. The van der Waals surface area contributed by atoms with Gasteiger partial charge >= 0.3 is 0 Å². The van der Waals surface area contributed by atoms with Crippen LogP contribution in [0.15, 0.2) is 27.7 Å². The van der Waals surface area contributed by atoms with Crippen LogP contribution in [0.3, 0.4) is 0 Å². The molecular weight excluding hydrogens is 549 g/mol. The summed E-state index contributed by atoms with van der Waals surface area (Å²) in [4.78, 5) is 21.0. The zero-order chi connectivity index (χ0) is 20.2. The van der Waals surface area contributed by atoms with Gasteiger partial charge in [-0.15, -0.1) is 0 Å². The molecule has 1 aromatic carbocycles. The predicted octanol–water partition coefficient (Wildman–Crippen LogP) is 3.83.